The Bertz CT molecular complexity index is 1140. The molecule has 0 saturated carbocycles. The van der Waals surface area contributed by atoms with E-state index in [0.717, 1.165) is 5.56 Å². The lowest BCUT2D eigenvalue weighted by Crippen LogP contribution is -2.17. The number of aromatic carboxylic acids is 2. The zero-order valence-electron chi connectivity index (χ0n) is 16.7. The lowest BCUT2D eigenvalue weighted by molar-refractivity contribution is 0.0686. The van der Waals surface area contributed by atoms with Crippen LogP contribution in [0.1, 0.15) is 47.0 Å². The molecular weight excluding hydrogens is 480 g/mol. The summed E-state index contributed by atoms with van der Waals surface area (Å²) in [5, 5.41) is 23.7. The number of carboxylic acids is 2. The van der Waals surface area contributed by atoms with Gasteiger partial charge in [0.15, 0.2) is 0 Å². The molecule has 162 valence electrons. The summed E-state index contributed by atoms with van der Waals surface area (Å²) >= 11 is 3.19. The topological polar surface area (TPSA) is 133 Å². The van der Waals surface area contributed by atoms with Crippen molar-refractivity contribution in [2.75, 3.05) is 10.6 Å². The van der Waals surface area contributed by atoms with Gasteiger partial charge in [-0.2, -0.15) is 0 Å². The second kappa shape index (κ2) is 9.44. The van der Waals surface area contributed by atoms with E-state index in [4.69, 9.17) is 0 Å². The first kappa shape index (κ1) is 22.7. The minimum Gasteiger partial charge on any atom is -0.478 e. The van der Waals surface area contributed by atoms with Crippen LogP contribution in [0.2, 0.25) is 0 Å². The SMILES string of the molecule is Cc1ccc(NC(=O)c2ccc(C(=O)Nc3ccc(Br)cc3C(=O)O)cc2)c(C(=O)O)c1. The van der Waals surface area contributed by atoms with Gasteiger partial charge in [0.1, 0.15) is 0 Å². The Hall–Kier alpha value is -3.98. The number of carbonyl (C=O) groups excluding carboxylic acids is 2. The monoisotopic (exact) mass is 496 g/mol. The molecule has 0 aliphatic rings. The van der Waals surface area contributed by atoms with Crippen LogP contribution in [0, 0.1) is 6.92 Å². The normalized spacial score (nSPS) is 10.3. The van der Waals surface area contributed by atoms with E-state index in [-0.39, 0.29) is 33.6 Å². The van der Waals surface area contributed by atoms with E-state index in [2.05, 4.69) is 26.6 Å². The molecule has 32 heavy (non-hydrogen) atoms. The van der Waals surface area contributed by atoms with Crippen LogP contribution in [0.15, 0.2) is 65.1 Å². The van der Waals surface area contributed by atoms with Gasteiger partial charge >= 0.3 is 11.9 Å². The summed E-state index contributed by atoms with van der Waals surface area (Å²) in [5.74, 6) is -3.44. The number of rotatable bonds is 6. The van der Waals surface area contributed by atoms with E-state index in [9.17, 15) is 29.4 Å². The number of benzene rings is 3. The highest BCUT2D eigenvalue weighted by atomic mass is 79.9. The molecule has 8 nitrogen and oxygen atoms in total. The number of amides is 2. The van der Waals surface area contributed by atoms with Crippen LogP contribution < -0.4 is 10.6 Å². The highest BCUT2D eigenvalue weighted by molar-refractivity contribution is 9.10. The Balaban J connectivity index is 1.75. The van der Waals surface area contributed by atoms with Gasteiger partial charge in [-0.1, -0.05) is 27.6 Å². The van der Waals surface area contributed by atoms with E-state index >= 15 is 0 Å². The number of halogens is 1. The van der Waals surface area contributed by atoms with Gasteiger partial charge in [0.25, 0.3) is 11.8 Å². The van der Waals surface area contributed by atoms with Gasteiger partial charge in [-0.05, 0) is 61.5 Å². The van der Waals surface area contributed by atoms with Crippen molar-refractivity contribution in [3.63, 3.8) is 0 Å². The molecule has 0 spiro atoms. The molecule has 3 rings (SSSR count). The summed E-state index contributed by atoms with van der Waals surface area (Å²) in [6.07, 6.45) is 0. The molecule has 0 fully saturated rings. The van der Waals surface area contributed by atoms with Crippen molar-refractivity contribution >= 4 is 51.1 Å². The summed E-state index contributed by atoms with van der Waals surface area (Å²) in [4.78, 5) is 47.8. The van der Waals surface area contributed by atoms with Gasteiger partial charge in [0.05, 0.1) is 22.5 Å². The predicted molar refractivity (Wildman–Crippen MR) is 122 cm³/mol. The fourth-order valence-electron chi connectivity index (χ4n) is 2.91. The maximum absolute atomic E-state index is 12.5. The molecule has 4 N–H and O–H groups in total. The second-order valence-electron chi connectivity index (χ2n) is 6.83. The van der Waals surface area contributed by atoms with Crippen molar-refractivity contribution in [3.05, 3.63) is 93.0 Å². The molecular formula is C23H17BrN2O6. The van der Waals surface area contributed by atoms with Crippen LogP contribution in [-0.2, 0) is 0 Å². The van der Waals surface area contributed by atoms with E-state index in [1.54, 1.807) is 19.1 Å². The zero-order valence-corrected chi connectivity index (χ0v) is 18.3. The maximum Gasteiger partial charge on any atom is 0.337 e. The maximum atomic E-state index is 12.5. The average molecular weight is 497 g/mol. The molecule has 0 aliphatic heterocycles. The molecule has 0 unspecified atom stereocenters. The number of carboxylic acid groups (broad SMARTS) is 2. The summed E-state index contributed by atoms with van der Waals surface area (Å²) in [5.41, 5.74) is 1.36. The molecule has 9 heteroatoms. The molecule has 0 atom stereocenters. The minimum absolute atomic E-state index is 0.0296. The first-order chi connectivity index (χ1) is 15.2. The summed E-state index contributed by atoms with van der Waals surface area (Å²) < 4.78 is 0.558. The van der Waals surface area contributed by atoms with Crippen molar-refractivity contribution in [2.24, 2.45) is 0 Å². The van der Waals surface area contributed by atoms with E-state index in [1.165, 1.54) is 48.5 Å². The lowest BCUT2D eigenvalue weighted by Gasteiger charge is -2.11. The highest BCUT2D eigenvalue weighted by Gasteiger charge is 2.16. The van der Waals surface area contributed by atoms with E-state index in [0.29, 0.717) is 4.47 Å². The van der Waals surface area contributed by atoms with Crippen LogP contribution in [-0.4, -0.2) is 34.0 Å². The van der Waals surface area contributed by atoms with Crippen molar-refractivity contribution in [2.45, 2.75) is 6.92 Å². The number of anilines is 2. The second-order valence-corrected chi connectivity index (χ2v) is 7.75. The third-order valence-electron chi connectivity index (χ3n) is 4.52. The average Bonchev–Trinajstić information content (AvgIpc) is 2.75. The first-order valence-corrected chi connectivity index (χ1v) is 10.0. The van der Waals surface area contributed by atoms with Crippen LogP contribution in [0.25, 0.3) is 0 Å². The van der Waals surface area contributed by atoms with Crippen molar-refractivity contribution in [3.8, 4) is 0 Å². The molecule has 3 aromatic rings. The number of nitrogens with one attached hydrogen (secondary N) is 2. The van der Waals surface area contributed by atoms with Gasteiger partial charge in [-0.3, -0.25) is 9.59 Å². The van der Waals surface area contributed by atoms with E-state index in [1.807, 2.05) is 0 Å². The molecule has 0 aliphatic carbocycles. The third-order valence-corrected chi connectivity index (χ3v) is 5.02. The Morgan fingerprint density at radius 1 is 0.688 bits per heavy atom. The summed E-state index contributed by atoms with van der Waals surface area (Å²) in [6.45, 7) is 1.75. The zero-order chi connectivity index (χ0) is 23.4. The van der Waals surface area contributed by atoms with Crippen LogP contribution in [0.5, 0.6) is 0 Å². The summed E-state index contributed by atoms with van der Waals surface area (Å²) in [6, 6.07) is 14.8. The molecule has 0 heterocycles. The number of aryl methyl sites for hydroxylation is 1. The molecule has 0 saturated heterocycles. The third kappa shape index (κ3) is 5.19. The number of hydrogen-bond donors (Lipinski definition) is 4. The fourth-order valence-corrected chi connectivity index (χ4v) is 3.27. The van der Waals surface area contributed by atoms with Gasteiger partial charge in [0, 0.05) is 15.6 Å². The lowest BCUT2D eigenvalue weighted by atomic mass is 10.1. The minimum atomic E-state index is -1.19. The molecule has 0 bridgehead atoms. The number of carbonyl (C=O) groups is 4. The van der Waals surface area contributed by atoms with Crippen molar-refractivity contribution in [1.29, 1.82) is 0 Å². The molecule has 0 radical (unpaired) electrons. The van der Waals surface area contributed by atoms with Gasteiger partial charge < -0.3 is 20.8 Å². The Kier molecular flexibility index (Phi) is 6.70. The van der Waals surface area contributed by atoms with Crippen molar-refractivity contribution < 1.29 is 29.4 Å². The van der Waals surface area contributed by atoms with E-state index < -0.39 is 23.8 Å². The fraction of sp³-hybridized carbons (Fsp3) is 0.0435. The Morgan fingerprint density at radius 3 is 1.59 bits per heavy atom. The van der Waals surface area contributed by atoms with Gasteiger partial charge in [-0.25, -0.2) is 9.59 Å². The largest absolute Gasteiger partial charge is 0.478 e. The number of hydrogen-bond acceptors (Lipinski definition) is 4. The van der Waals surface area contributed by atoms with Crippen molar-refractivity contribution in [1.82, 2.24) is 0 Å². The molecule has 3 aromatic carbocycles. The predicted octanol–water partition coefficient (Wildman–Crippen LogP) is 4.66. The highest BCUT2D eigenvalue weighted by Crippen LogP contribution is 2.22. The molecule has 2 amide bonds. The Morgan fingerprint density at radius 2 is 1.12 bits per heavy atom. The van der Waals surface area contributed by atoms with Crippen LogP contribution >= 0.6 is 15.9 Å². The smallest absolute Gasteiger partial charge is 0.337 e. The van der Waals surface area contributed by atoms with Gasteiger partial charge in [-0.15, -0.1) is 0 Å². The quantitative estimate of drug-likeness (QED) is 0.392. The van der Waals surface area contributed by atoms with Crippen LogP contribution in [0.3, 0.4) is 0 Å². The Labute approximate surface area is 191 Å². The summed E-state index contributed by atoms with van der Waals surface area (Å²) in [7, 11) is 0. The van der Waals surface area contributed by atoms with Crippen LogP contribution in [0.4, 0.5) is 11.4 Å². The standard InChI is InChI=1S/C23H17BrN2O6/c1-12-2-8-18(16(10-12)22(29)30)25-20(27)13-3-5-14(6-4-13)21(28)26-19-9-7-15(24)11-17(19)23(31)32/h2-11H,1H3,(H,25,27)(H,26,28)(H,29,30)(H,31,32). The van der Waals surface area contributed by atoms with Gasteiger partial charge in [0.2, 0.25) is 0 Å². The first-order valence-electron chi connectivity index (χ1n) is 9.25. The molecule has 0 aromatic heterocycles.